The highest BCUT2D eigenvalue weighted by atomic mass is 16.3. The smallest absolute Gasteiger partial charge is 0.246 e. The summed E-state index contributed by atoms with van der Waals surface area (Å²) in [7, 11) is 0. The molecule has 0 atom stereocenters. The summed E-state index contributed by atoms with van der Waals surface area (Å²) in [5.74, 6) is 0.367. The summed E-state index contributed by atoms with van der Waals surface area (Å²) in [6, 6.07) is 12.4. The number of anilines is 1. The SMILES string of the molecule is Cc1ccc(N(C(=O)CCc2cc(C(C)(C)C)c(O)c(C(C)(C)C)c2)C2(C(=O)NC3CCCCC3)CCCCC2)cc1. The Morgan fingerprint density at radius 2 is 1.38 bits per heavy atom. The van der Waals surface area contributed by atoms with Crippen LogP contribution in [0.15, 0.2) is 36.4 Å². The van der Waals surface area contributed by atoms with Crippen molar-refractivity contribution in [3.8, 4) is 5.75 Å². The van der Waals surface area contributed by atoms with E-state index in [9.17, 15) is 14.7 Å². The fraction of sp³-hybridized carbons (Fsp3) is 0.622. The fourth-order valence-electron chi connectivity index (χ4n) is 6.92. The molecule has 5 heteroatoms. The number of rotatable bonds is 7. The molecule has 2 N–H and O–H groups in total. The minimum atomic E-state index is -0.871. The van der Waals surface area contributed by atoms with Crippen LogP contribution in [0.4, 0.5) is 5.69 Å². The zero-order valence-electron chi connectivity index (χ0n) is 27.2. The standard InChI is InChI=1S/C37H54N2O3/c1-26-16-19-29(20-17-26)39(37(22-12-9-13-23-37)34(42)38-28-14-10-8-11-15-28)32(40)21-18-27-24-30(35(2,3)4)33(41)31(25-27)36(5,6)7/h16-17,19-20,24-25,28,41H,8-15,18,21-23H2,1-7H3,(H,38,42). The predicted octanol–water partition coefficient (Wildman–Crippen LogP) is 8.41. The summed E-state index contributed by atoms with van der Waals surface area (Å²) < 4.78 is 0. The van der Waals surface area contributed by atoms with E-state index >= 15 is 0 Å². The molecule has 0 bridgehead atoms. The number of phenols is 1. The van der Waals surface area contributed by atoms with Gasteiger partial charge in [0, 0.05) is 18.2 Å². The summed E-state index contributed by atoms with van der Waals surface area (Å²) in [5, 5.41) is 14.6. The van der Waals surface area contributed by atoms with Gasteiger partial charge in [-0.2, -0.15) is 0 Å². The summed E-state index contributed by atoms with van der Waals surface area (Å²) in [6.07, 6.45) is 10.8. The highest BCUT2D eigenvalue weighted by Crippen LogP contribution is 2.41. The van der Waals surface area contributed by atoms with Gasteiger partial charge in [0.05, 0.1) is 0 Å². The second-order valence-corrected chi connectivity index (χ2v) is 15.0. The van der Waals surface area contributed by atoms with E-state index in [1.165, 1.54) is 6.42 Å². The van der Waals surface area contributed by atoms with Crippen molar-refractivity contribution in [3.05, 3.63) is 58.7 Å². The van der Waals surface area contributed by atoms with E-state index in [1.54, 1.807) is 0 Å². The maximum atomic E-state index is 14.4. The molecular formula is C37H54N2O3. The highest BCUT2D eigenvalue weighted by Gasteiger charge is 2.48. The number of benzene rings is 2. The fourth-order valence-corrected chi connectivity index (χ4v) is 6.92. The first-order chi connectivity index (χ1) is 19.7. The van der Waals surface area contributed by atoms with Crippen molar-refractivity contribution in [1.82, 2.24) is 5.32 Å². The van der Waals surface area contributed by atoms with Crippen LogP contribution in [-0.2, 0) is 26.8 Å². The van der Waals surface area contributed by atoms with Gasteiger partial charge in [0.25, 0.3) is 0 Å². The predicted molar refractivity (Wildman–Crippen MR) is 173 cm³/mol. The van der Waals surface area contributed by atoms with Gasteiger partial charge in [-0.25, -0.2) is 0 Å². The number of carbonyl (C=O) groups excluding carboxylic acids is 2. The number of aryl methyl sites for hydroxylation is 2. The molecule has 2 fully saturated rings. The molecule has 0 radical (unpaired) electrons. The normalized spacial score (nSPS) is 18.0. The number of nitrogens with one attached hydrogen (secondary N) is 1. The molecule has 0 aromatic heterocycles. The molecule has 0 heterocycles. The molecule has 2 amide bonds. The summed E-state index contributed by atoms with van der Waals surface area (Å²) in [5.41, 5.74) is 3.45. The molecule has 230 valence electrons. The van der Waals surface area contributed by atoms with Gasteiger partial charge in [-0.05, 0) is 78.7 Å². The topological polar surface area (TPSA) is 69.6 Å². The summed E-state index contributed by atoms with van der Waals surface area (Å²) >= 11 is 0. The zero-order valence-corrected chi connectivity index (χ0v) is 27.2. The van der Waals surface area contributed by atoms with Crippen molar-refractivity contribution in [3.63, 3.8) is 0 Å². The molecule has 42 heavy (non-hydrogen) atoms. The lowest BCUT2D eigenvalue weighted by atomic mass is 9.77. The van der Waals surface area contributed by atoms with Gasteiger partial charge in [-0.3, -0.25) is 14.5 Å². The molecule has 0 aliphatic heterocycles. The van der Waals surface area contributed by atoms with Gasteiger partial charge in [-0.1, -0.05) is 110 Å². The lowest BCUT2D eigenvalue weighted by Gasteiger charge is -2.46. The van der Waals surface area contributed by atoms with Gasteiger partial charge < -0.3 is 10.4 Å². The molecule has 2 aromatic carbocycles. The second-order valence-electron chi connectivity index (χ2n) is 15.0. The van der Waals surface area contributed by atoms with Crippen LogP contribution in [0.1, 0.15) is 134 Å². The molecule has 4 rings (SSSR count). The Morgan fingerprint density at radius 1 is 0.857 bits per heavy atom. The maximum absolute atomic E-state index is 14.4. The minimum Gasteiger partial charge on any atom is -0.507 e. The Morgan fingerprint density at radius 3 is 1.90 bits per heavy atom. The van der Waals surface area contributed by atoms with Gasteiger partial charge in [0.15, 0.2) is 0 Å². The average molecular weight is 575 g/mol. The number of nitrogens with zero attached hydrogens (tertiary/aromatic N) is 1. The number of phenolic OH excluding ortho intramolecular Hbond substituents is 1. The van der Waals surface area contributed by atoms with Crippen molar-refractivity contribution >= 4 is 17.5 Å². The summed E-state index contributed by atoms with van der Waals surface area (Å²) in [4.78, 5) is 30.6. The molecule has 0 spiro atoms. The zero-order chi connectivity index (χ0) is 30.7. The number of hydrogen-bond acceptors (Lipinski definition) is 3. The molecule has 2 aliphatic rings. The third-order valence-electron chi connectivity index (χ3n) is 9.43. The molecule has 5 nitrogen and oxygen atoms in total. The van der Waals surface area contributed by atoms with Gasteiger partial charge in [0.1, 0.15) is 11.3 Å². The van der Waals surface area contributed by atoms with Crippen LogP contribution in [0, 0.1) is 6.92 Å². The molecular weight excluding hydrogens is 520 g/mol. The average Bonchev–Trinajstić information content (AvgIpc) is 2.93. The molecule has 0 unspecified atom stereocenters. The molecule has 0 saturated heterocycles. The Hall–Kier alpha value is -2.82. The highest BCUT2D eigenvalue weighted by molar-refractivity contribution is 6.03. The first kappa shape index (κ1) is 32.1. The first-order valence-corrected chi connectivity index (χ1v) is 16.3. The number of aromatic hydroxyl groups is 1. The number of amides is 2. The summed E-state index contributed by atoms with van der Waals surface area (Å²) in [6.45, 7) is 14.7. The van der Waals surface area contributed by atoms with E-state index in [0.717, 1.165) is 72.9 Å². The van der Waals surface area contributed by atoms with Crippen LogP contribution < -0.4 is 10.2 Å². The lowest BCUT2D eigenvalue weighted by Crippen LogP contribution is -2.63. The largest absolute Gasteiger partial charge is 0.507 e. The van der Waals surface area contributed by atoms with Crippen LogP contribution in [0.2, 0.25) is 0 Å². The third kappa shape index (κ3) is 7.21. The van der Waals surface area contributed by atoms with Crippen LogP contribution in [0.5, 0.6) is 5.75 Å². The number of carbonyl (C=O) groups is 2. The van der Waals surface area contributed by atoms with Gasteiger partial charge in [-0.15, -0.1) is 0 Å². The van der Waals surface area contributed by atoms with Crippen molar-refractivity contribution in [2.75, 3.05) is 4.90 Å². The van der Waals surface area contributed by atoms with E-state index in [4.69, 9.17) is 0 Å². The number of hydrogen-bond donors (Lipinski definition) is 2. The van der Waals surface area contributed by atoms with E-state index in [-0.39, 0.29) is 28.7 Å². The Balaban J connectivity index is 1.69. The second kappa shape index (κ2) is 12.8. The van der Waals surface area contributed by atoms with Crippen molar-refractivity contribution in [1.29, 1.82) is 0 Å². The quantitative estimate of drug-likeness (QED) is 0.349. The Kier molecular flexibility index (Phi) is 9.79. The molecule has 2 aromatic rings. The monoisotopic (exact) mass is 574 g/mol. The first-order valence-electron chi connectivity index (χ1n) is 16.3. The minimum absolute atomic E-state index is 0.0118. The van der Waals surface area contributed by atoms with Crippen molar-refractivity contribution in [2.45, 2.75) is 148 Å². The van der Waals surface area contributed by atoms with E-state index < -0.39 is 5.54 Å². The Bertz CT molecular complexity index is 1200. The van der Waals surface area contributed by atoms with Gasteiger partial charge >= 0.3 is 0 Å². The van der Waals surface area contributed by atoms with E-state index in [1.807, 2.05) is 36.1 Å². The van der Waals surface area contributed by atoms with Crippen LogP contribution >= 0.6 is 0 Å². The van der Waals surface area contributed by atoms with E-state index in [0.29, 0.717) is 31.4 Å². The third-order valence-corrected chi connectivity index (χ3v) is 9.43. The molecule has 2 aliphatic carbocycles. The van der Waals surface area contributed by atoms with Crippen LogP contribution in [-0.4, -0.2) is 28.5 Å². The van der Waals surface area contributed by atoms with Gasteiger partial charge in [0.2, 0.25) is 11.8 Å². The molecule has 2 saturated carbocycles. The van der Waals surface area contributed by atoms with E-state index in [2.05, 4.69) is 59.0 Å². The van der Waals surface area contributed by atoms with Crippen molar-refractivity contribution in [2.24, 2.45) is 0 Å². The maximum Gasteiger partial charge on any atom is 0.246 e. The lowest BCUT2D eigenvalue weighted by molar-refractivity contribution is -0.132. The van der Waals surface area contributed by atoms with Crippen LogP contribution in [0.3, 0.4) is 0 Å². The van der Waals surface area contributed by atoms with Crippen LogP contribution in [0.25, 0.3) is 0 Å². The Labute approximate surface area is 254 Å². The van der Waals surface area contributed by atoms with Crippen molar-refractivity contribution < 1.29 is 14.7 Å².